The van der Waals surface area contributed by atoms with Crippen molar-refractivity contribution in [1.29, 1.82) is 0 Å². The van der Waals surface area contributed by atoms with Gasteiger partial charge in [-0.3, -0.25) is 4.79 Å². The van der Waals surface area contributed by atoms with Gasteiger partial charge in [-0.2, -0.15) is 0 Å². The predicted molar refractivity (Wildman–Crippen MR) is 107 cm³/mol. The van der Waals surface area contributed by atoms with Gasteiger partial charge in [0.05, 0.1) is 7.11 Å². The molecule has 6 nitrogen and oxygen atoms in total. The zero-order valence-corrected chi connectivity index (χ0v) is 18.0. The van der Waals surface area contributed by atoms with Crippen LogP contribution in [0.1, 0.15) is 46.5 Å². The molecule has 1 fully saturated rings. The molecule has 0 unspecified atom stereocenters. The highest BCUT2D eigenvalue weighted by Crippen LogP contribution is 2.40. The normalized spacial score (nSPS) is 21.1. The minimum atomic E-state index is -3.67. The van der Waals surface area contributed by atoms with Crippen molar-refractivity contribution in [2.75, 3.05) is 26.5 Å². The molecule has 1 aromatic carbocycles. The number of benzene rings is 1. The summed E-state index contributed by atoms with van der Waals surface area (Å²) in [5, 5.41) is 2.89. The van der Waals surface area contributed by atoms with Crippen LogP contribution in [0.15, 0.2) is 23.1 Å². The minimum Gasteiger partial charge on any atom is -0.495 e. The second-order valence-corrected chi connectivity index (χ2v) is 10.7. The standard InChI is InChI=1S/C20H32N2O4S/c1-20(2,3)15-9-7-14(8-10-15)19(23)21-16-11-12-17(26-6)18(13-16)27(24,25)22(4)5/h11-15H,7-10H2,1-6H3,(H,21,23). The Balaban J connectivity index is 2.13. The van der Waals surface area contributed by atoms with Crippen LogP contribution >= 0.6 is 0 Å². The van der Waals surface area contributed by atoms with E-state index < -0.39 is 10.0 Å². The van der Waals surface area contributed by atoms with E-state index in [9.17, 15) is 13.2 Å². The van der Waals surface area contributed by atoms with Crippen molar-refractivity contribution in [3.63, 3.8) is 0 Å². The van der Waals surface area contributed by atoms with Crippen molar-refractivity contribution in [3.8, 4) is 5.75 Å². The number of hydrogen-bond donors (Lipinski definition) is 1. The van der Waals surface area contributed by atoms with E-state index in [0.717, 1.165) is 30.0 Å². The molecule has 0 atom stereocenters. The van der Waals surface area contributed by atoms with Gasteiger partial charge in [0.25, 0.3) is 0 Å². The Bertz CT molecular complexity index is 774. The van der Waals surface area contributed by atoms with Crippen LogP contribution in [-0.2, 0) is 14.8 Å². The monoisotopic (exact) mass is 396 g/mol. The van der Waals surface area contributed by atoms with Crippen LogP contribution in [0, 0.1) is 17.3 Å². The molecule has 152 valence electrons. The summed E-state index contributed by atoms with van der Waals surface area (Å²) in [7, 11) is 0.689. The van der Waals surface area contributed by atoms with E-state index in [4.69, 9.17) is 4.74 Å². The lowest BCUT2D eigenvalue weighted by Gasteiger charge is -2.36. The van der Waals surface area contributed by atoms with Crippen LogP contribution in [0.5, 0.6) is 5.75 Å². The largest absolute Gasteiger partial charge is 0.495 e. The molecule has 2 rings (SSSR count). The third-order valence-electron chi connectivity index (χ3n) is 5.51. The summed E-state index contributed by atoms with van der Waals surface area (Å²) in [6.07, 6.45) is 3.83. The van der Waals surface area contributed by atoms with Gasteiger partial charge in [-0.25, -0.2) is 12.7 Å². The molecular formula is C20H32N2O4S. The molecule has 7 heteroatoms. The molecule has 0 bridgehead atoms. The maximum Gasteiger partial charge on any atom is 0.246 e. The first-order chi connectivity index (χ1) is 12.5. The van der Waals surface area contributed by atoms with Crippen molar-refractivity contribution >= 4 is 21.6 Å². The minimum absolute atomic E-state index is 0.0281. The number of rotatable bonds is 5. The molecule has 1 amide bonds. The molecule has 0 radical (unpaired) electrons. The number of methoxy groups -OCH3 is 1. The van der Waals surface area contributed by atoms with Crippen LogP contribution in [0.4, 0.5) is 5.69 Å². The highest BCUT2D eigenvalue weighted by atomic mass is 32.2. The van der Waals surface area contributed by atoms with Gasteiger partial charge in [-0.1, -0.05) is 20.8 Å². The molecular weight excluding hydrogens is 364 g/mol. The fourth-order valence-electron chi connectivity index (χ4n) is 3.62. The number of ether oxygens (including phenoxy) is 1. The molecule has 0 saturated heterocycles. The zero-order chi connectivity index (χ0) is 20.4. The molecule has 0 heterocycles. The summed E-state index contributed by atoms with van der Waals surface area (Å²) in [6.45, 7) is 6.76. The fourth-order valence-corrected chi connectivity index (χ4v) is 4.69. The Hall–Kier alpha value is -1.60. The van der Waals surface area contributed by atoms with E-state index in [-0.39, 0.29) is 27.9 Å². The van der Waals surface area contributed by atoms with Crippen LogP contribution in [0.25, 0.3) is 0 Å². The molecule has 27 heavy (non-hydrogen) atoms. The number of amides is 1. The SMILES string of the molecule is COc1ccc(NC(=O)C2CCC(C(C)(C)C)CC2)cc1S(=O)(=O)N(C)C. The first-order valence-electron chi connectivity index (χ1n) is 9.38. The maximum atomic E-state index is 12.7. The van der Waals surface area contributed by atoms with E-state index in [0.29, 0.717) is 11.6 Å². The predicted octanol–water partition coefficient (Wildman–Crippen LogP) is 3.74. The van der Waals surface area contributed by atoms with Gasteiger partial charge >= 0.3 is 0 Å². The Kier molecular flexibility index (Phi) is 6.58. The van der Waals surface area contributed by atoms with Crippen molar-refractivity contribution in [1.82, 2.24) is 4.31 Å². The van der Waals surface area contributed by atoms with Crippen molar-refractivity contribution < 1.29 is 17.9 Å². The van der Waals surface area contributed by atoms with Gasteiger partial charge < -0.3 is 10.1 Å². The topological polar surface area (TPSA) is 75.7 Å². The van der Waals surface area contributed by atoms with E-state index in [1.54, 1.807) is 12.1 Å². The van der Waals surface area contributed by atoms with Crippen LogP contribution in [-0.4, -0.2) is 39.8 Å². The first-order valence-corrected chi connectivity index (χ1v) is 10.8. The average molecular weight is 397 g/mol. The smallest absolute Gasteiger partial charge is 0.246 e. The summed E-state index contributed by atoms with van der Waals surface area (Å²) in [5.74, 6) is 0.826. The molecule has 0 aromatic heterocycles. The van der Waals surface area contributed by atoms with Gasteiger partial charge in [-0.05, 0) is 55.2 Å². The fraction of sp³-hybridized carbons (Fsp3) is 0.650. The number of carbonyl (C=O) groups is 1. The van der Waals surface area contributed by atoms with Gasteiger partial charge in [0.1, 0.15) is 10.6 Å². The van der Waals surface area contributed by atoms with Gasteiger partial charge in [0.2, 0.25) is 15.9 Å². The van der Waals surface area contributed by atoms with Crippen LogP contribution < -0.4 is 10.1 Å². The Labute approximate surface area is 163 Å². The van der Waals surface area contributed by atoms with Crippen LogP contribution in [0.3, 0.4) is 0 Å². The molecule has 1 N–H and O–H groups in total. The lowest BCUT2D eigenvalue weighted by atomic mass is 9.69. The van der Waals surface area contributed by atoms with Crippen LogP contribution in [0.2, 0.25) is 0 Å². The molecule has 1 aliphatic rings. The second kappa shape index (κ2) is 8.19. The molecule has 0 spiro atoms. The Morgan fingerprint density at radius 2 is 1.74 bits per heavy atom. The molecule has 0 aliphatic heterocycles. The van der Waals surface area contributed by atoms with Gasteiger partial charge in [0.15, 0.2) is 0 Å². The average Bonchev–Trinajstić information content (AvgIpc) is 2.60. The highest BCUT2D eigenvalue weighted by molar-refractivity contribution is 7.89. The molecule has 1 saturated carbocycles. The maximum absolute atomic E-state index is 12.7. The molecule has 1 aromatic rings. The second-order valence-electron chi connectivity index (χ2n) is 8.56. The van der Waals surface area contributed by atoms with Gasteiger partial charge in [0, 0.05) is 25.7 Å². The van der Waals surface area contributed by atoms with E-state index in [2.05, 4.69) is 26.1 Å². The Morgan fingerprint density at radius 1 is 1.15 bits per heavy atom. The lowest BCUT2D eigenvalue weighted by Crippen LogP contribution is -2.31. The third-order valence-corrected chi connectivity index (χ3v) is 7.35. The summed E-state index contributed by atoms with van der Waals surface area (Å²) in [4.78, 5) is 12.7. The third kappa shape index (κ3) is 5.02. The first kappa shape index (κ1) is 21.7. The summed E-state index contributed by atoms with van der Waals surface area (Å²) < 4.78 is 31.3. The number of nitrogens with zero attached hydrogens (tertiary/aromatic N) is 1. The molecule has 1 aliphatic carbocycles. The lowest BCUT2D eigenvalue weighted by molar-refractivity contribution is -0.121. The summed E-state index contributed by atoms with van der Waals surface area (Å²) >= 11 is 0. The van der Waals surface area contributed by atoms with Crippen molar-refractivity contribution in [2.24, 2.45) is 17.3 Å². The van der Waals surface area contributed by atoms with Crippen molar-refractivity contribution in [3.05, 3.63) is 18.2 Å². The van der Waals surface area contributed by atoms with Crippen molar-refractivity contribution in [2.45, 2.75) is 51.3 Å². The number of nitrogens with one attached hydrogen (secondary N) is 1. The number of carbonyl (C=O) groups excluding carboxylic acids is 1. The van der Waals surface area contributed by atoms with E-state index in [1.807, 2.05) is 0 Å². The zero-order valence-electron chi connectivity index (χ0n) is 17.2. The quantitative estimate of drug-likeness (QED) is 0.823. The van der Waals surface area contributed by atoms with E-state index in [1.165, 1.54) is 27.3 Å². The number of hydrogen-bond acceptors (Lipinski definition) is 4. The number of anilines is 1. The summed E-state index contributed by atoms with van der Waals surface area (Å²) in [5.41, 5.74) is 0.742. The highest BCUT2D eigenvalue weighted by Gasteiger charge is 2.32. The van der Waals surface area contributed by atoms with E-state index >= 15 is 0 Å². The number of sulfonamides is 1. The summed E-state index contributed by atoms with van der Waals surface area (Å²) in [6, 6.07) is 4.71. The van der Waals surface area contributed by atoms with Gasteiger partial charge in [-0.15, -0.1) is 0 Å². The Morgan fingerprint density at radius 3 is 2.22 bits per heavy atom.